The molecular weight excluding hydrogens is 335 g/mol. The Morgan fingerprint density at radius 1 is 1.39 bits per heavy atom. The first kappa shape index (κ1) is 13.7. The first-order chi connectivity index (χ1) is 8.68. The molecule has 0 N–H and O–H groups in total. The Bertz CT molecular complexity index is 429. The molecule has 0 spiro atoms. The molecule has 0 bridgehead atoms. The van der Waals surface area contributed by atoms with Crippen LogP contribution in [0.1, 0.15) is 23.2 Å². The molecule has 0 unspecified atom stereocenters. The summed E-state index contributed by atoms with van der Waals surface area (Å²) < 4.78 is 12.6. The van der Waals surface area contributed by atoms with Gasteiger partial charge < -0.3 is 0 Å². The summed E-state index contributed by atoms with van der Waals surface area (Å²) in [7, 11) is 0. The summed E-state index contributed by atoms with van der Waals surface area (Å²) in [4.78, 5) is 16.7. The predicted octanol–water partition coefficient (Wildman–Crippen LogP) is 3.18. The first-order valence-electron chi connectivity index (χ1n) is 6.39. The van der Waals surface area contributed by atoms with E-state index in [2.05, 4.69) is 9.88 Å². The minimum atomic E-state index is -0.999. The standard InChI is InChI=1S/C12H13O3.2CH3.Sn/c1-2-7-14-10-4-3-5-11-12(10)9(13)6-8-15-11;;;/h3-5H,1-2,6-8H2;2*1H3;. The van der Waals surface area contributed by atoms with Crippen LogP contribution in [0.5, 0.6) is 11.5 Å². The second-order valence-electron chi connectivity index (χ2n) is 4.81. The predicted molar refractivity (Wildman–Crippen MR) is 73.3 cm³/mol. The third-order valence-electron chi connectivity index (χ3n) is 2.93. The summed E-state index contributed by atoms with van der Waals surface area (Å²) in [6.45, 7) is 1.19. The van der Waals surface area contributed by atoms with Crippen molar-refractivity contribution >= 4 is 25.5 Å². The zero-order valence-electron chi connectivity index (χ0n) is 11.0. The van der Waals surface area contributed by atoms with E-state index in [4.69, 9.17) is 9.47 Å². The molecule has 3 nitrogen and oxygen atoms in total. The van der Waals surface area contributed by atoms with Gasteiger partial charge in [-0.25, -0.2) is 0 Å². The van der Waals surface area contributed by atoms with E-state index in [9.17, 15) is 4.79 Å². The van der Waals surface area contributed by atoms with Gasteiger partial charge in [0.1, 0.15) is 0 Å². The van der Waals surface area contributed by atoms with Crippen LogP contribution in [0.2, 0.25) is 14.3 Å². The molecule has 1 radical (unpaired) electrons. The Kier molecular flexibility index (Phi) is 4.92. The molecule has 97 valence electrons. The molecule has 0 atom stereocenters. The average Bonchev–Trinajstić information content (AvgIpc) is 2.34. The van der Waals surface area contributed by atoms with Gasteiger partial charge in [-0.15, -0.1) is 0 Å². The fraction of sp³-hybridized carbons (Fsp3) is 0.500. The Morgan fingerprint density at radius 2 is 2.22 bits per heavy atom. The van der Waals surface area contributed by atoms with Crippen LogP contribution in [-0.2, 0) is 0 Å². The van der Waals surface area contributed by atoms with Crippen LogP contribution in [0.25, 0.3) is 0 Å². The molecule has 1 aromatic rings. The van der Waals surface area contributed by atoms with Gasteiger partial charge in [0, 0.05) is 0 Å². The Balaban J connectivity index is 2.02. The molecule has 4 heteroatoms. The molecule has 0 saturated carbocycles. The van der Waals surface area contributed by atoms with Crippen LogP contribution in [0.3, 0.4) is 0 Å². The van der Waals surface area contributed by atoms with Gasteiger partial charge in [-0.1, -0.05) is 0 Å². The summed E-state index contributed by atoms with van der Waals surface area (Å²) >= 11 is -0.999. The number of carbonyl (C=O) groups is 1. The van der Waals surface area contributed by atoms with Gasteiger partial charge >= 0.3 is 115 Å². The summed E-state index contributed by atoms with van der Waals surface area (Å²) in [6, 6.07) is 5.58. The van der Waals surface area contributed by atoms with Gasteiger partial charge in [0.2, 0.25) is 0 Å². The SMILES string of the molecule is [CH3][Sn]([CH3])[CH2]CCOc1cccc2c1C(=O)CCO2. The van der Waals surface area contributed by atoms with E-state index in [0.29, 0.717) is 36.7 Å². The average molecular weight is 354 g/mol. The summed E-state index contributed by atoms with van der Waals surface area (Å²) in [6.07, 6.45) is 1.55. The van der Waals surface area contributed by atoms with Gasteiger partial charge in [-0.05, 0) is 0 Å². The third kappa shape index (κ3) is 3.40. The summed E-state index contributed by atoms with van der Waals surface area (Å²) in [5.41, 5.74) is 0.635. The van der Waals surface area contributed by atoms with E-state index in [1.54, 1.807) is 0 Å². The molecule has 1 aliphatic heterocycles. The van der Waals surface area contributed by atoms with Crippen molar-refractivity contribution in [2.24, 2.45) is 0 Å². The normalized spacial score (nSPS) is 14.3. The van der Waals surface area contributed by atoms with E-state index in [0.717, 1.165) is 6.42 Å². The summed E-state index contributed by atoms with van der Waals surface area (Å²) in [5, 5.41) is 0. The molecule has 0 saturated heterocycles. The Labute approximate surface area is 115 Å². The molecule has 1 aliphatic rings. The zero-order valence-corrected chi connectivity index (χ0v) is 13.8. The number of hydrogen-bond acceptors (Lipinski definition) is 3. The van der Waals surface area contributed by atoms with E-state index >= 15 is 0 Å². The van der Waals surface area contributed by atoms with Crippen LogP contribution in [-0.4, -0.2) is 38.8 Å². The summed E-state index contributed by atoms with van der Waals surface area (Å²) in [5.74, 6) is 1.49. The second-order valence-corrected chi connectivity index (χ2v) is 13.1. The Hall–Kier alpha value is -0.711. The maximum atomic E-state index is 11.9. The monoisotopic (exact) mass is 355 g/mol. The van der Waals surface area contributed by atoms with Gasteiger partial charge in [-0.2, -0.15) is 0 Å². The van der Waals surface area contributed by atoms with Crippen molar-refractivity contribution in [3.05, 3.63) is 23.8 Å². The number of ketones is 1. The quantitative estimate of drug-likeness (QED) is 0.602. The number of rotatable bonds is 5. The fourth-order valence-corrected chi connectivity index (χ4v) is 4.44. The number of Topliss-reactive ketones (excluding diaryl/α,β-unsaturated/α-hetero) is 1. The van der Waals surface area contributed by atoms with Crippen molar-refractivity contribution in [1.29, 1.82) is 0 Å². The molecule has 1 heterocycles. The van der Waals surface area contributed by atoms with Crippen molar-refractivity contribution in [2.75, 3.05) is 13.2 Å². The van der Waals surface area contributed by atoms with Gasteiger partial charge in [0.15, 0.2) is 0 Å². The van der Waals surface area contributed by atoms with Crippen LogP contribution in [0.15, 0.2) is 18.2 Å². The van der Waals surface area contributed by atoms with Crippen molar-refractivity contribution in [3.63, 3.8) is 0 Å². The molecule has 2 rings (SSSR count). The fourth-order valence-electron chi connectivity index (χ4n) is 2.01. The van der Waals surface area contributed by atoms with E-state index < -0.39 is 19.8 Å². The molecule has 18 heavy (non-hydrogen) atoms. The van der Waals surface area contributed by atoms with Gasteiger partial charge in [0.05, 0.1) is 0 Å². The van der Waals surface area contributed by atoms with E-state index in [1.165, 1.54) is 4.44 Å². The van der Waals surface area contributed by atoms with Crippen LogP contribution < -0.4 is 9.47 Å². The van der Waals surface area contributed by atoms with E-state index in [-0.39, 0.29) is 5.78 Å². The number of benzene rings is 1. The molecule has 0 fully saturated rings. The minimum absolute atomic E-state index is 0.133. The second kappa shape index (κ2) is 6.45. The van der Waals surface area contributed by atoms with Gasteiger partial charge in [0.25, 0.3) is 0 Å². The van der Waals surface area contributed by atoms with Crippen molar-refractivity contribution < 1.29 is 14.3 Å². The first-order valence-corrected chi connectivity index (χ1v) is 14.1. The van der Waals surface area contributed by atoms with Crippen molar-refractivity contribution in [3.8, 4) is 11.5 Å². The molecule has 1 aromatic carbocycles. The molecular formula is C14H19O3Sn. The van der Waals surface area contributed by atoms with Crippen molar-refractivity contribution in [1.82, 2.24) is 0 Å². The topological polar surface area (TPSA) is 35.5 Å². The van der Waals surface area contributed by atoms with Gasteiger partial charge in [-0.3, -0.25) is 0 Å². The molecule has 0 aromatic heterocycles. The zero-order chi connectivity index (χ0) is 13.0. The van der Waals surface area contributed by atoms with Crippen LogP contribution in [0, 0.1) is 0 Å². The third-order valence-corrected chi connectivity index (χ3v) is 6.80. The maximum absolute atomic E-state index is 11.9. The Morgan fingerprint density at radius 3 is 3.00 bits per heavy atom. The number of ether oxygens (including phenoxy) is 2. The number of carbonyl (C=O) groups excluding carboxylic acids is 1. The number of fused-ring (bicyclic) bond motifs is 1. The van der Waals surface area contributed by atoms with E-state index in [1.807, 2.05) is 18.2 Å². The van der Waals surface area contributed by atoms with Crippen LogP contribution >= 0.6 is 0 Å². The van der Waals surface area contributed by atoms with Crippen molar-refractivity contribution in [2.45, 2.75) is 27.2 Å². The molecule has 0 aliphatic carbocycles. The van der Waals surface area contributed by atoms with Crippen LogP contribution in [0.4, 0.5) is 0 Å². The molecule has 0 amide bonds. The number of hydrogen-bond donors (Lipinski definition) is 0.